The van der Waals surface area contributed by atoms with Crippen molar-refractivity contribution in [3.05, 3.63) is 69.4 Å². The highest BCUT2D eigenvalue weighted by Crippen LogP contribution is 2.27. The minimum atomic E-state index is -1.04. The molecule has 1 aliphatic carbocycles. The highest BCUT2D eigenvalue weighted by Gasteiger charge is 2.17. The van der Waals surface area contributed by atoms with E-state index in [0.717, 1.165) is 42.4 Å². The predicted molar refractivity (Wildman–Crippen MR) is 128 cm³/mol. The largest absolute Gasteiger partial charge is 0.478 e. The normalized spacial score (nSPS) is 13.2. The molecule has 0 spiro atoms. The molecule has 1 aliphatic rings. The van der Waals surface area contributed by atoms with Gasteiger partial charge in [0.1, 0.15) is 17.2 Å². The van der Waals surface area contributed by atoms with Crippen molar-refractivity contribution in [3.8, 4) is 0 Å². The van der Waals surface area contributed by atoms with E-state index < -0.39 is 5.97 Å². The molecule has 32 heavy (non-hydrogen) atoms. The maximum Gasteiger partial charge on any atom is 0.339 e. The number of fused-ring (bicyclic) bond motifs is 1. The third kappa shape index (κ3) is 4.72. The first-order valence-electron chi connectivity index (χ1n) is 11.1. The number of nitrogens with one attached hydrogen (secondary N) is 1. The van der Waals surface area contributed by atoms with E-state index in [1.54, 1.807) is 23.9 Å². The molecular weight excluding hydrogens is 404 g/mol. The number of aryl methyl sites for hydroxylation is 1. The summed E-state index contributed by atoms with van der Waals surface area (Å²) >= 11 is 0. The first-order valence-corrected chi connectivity index (χ1v) is 11.1. The molecule has 2 aromatic heterocycles. The number of rotatable bonds is 5. The molecule has 0 unspecified atom stereocenters. The fourth-order valence-electron chi connectivity index (χ4n) is 3.97. The lowest BCUT2D eigenvalue weighted by atomic mass is 9.98. The van der Waals surface area contributed by atoms with Crippen LogP contribution in [0.1, 0.15) is 66.8 Å². The summed E-state index contributed by atoms with van der Waals surface area (Å²) in [6.07, 6.45) is 7.90. The Kier molecular flexibility index (Phi) is 7.41. The van der Waals surface area contributed by atoms with Gasteiger partial charge in [-0.15, -0.1) is 0 Å². The van der Waals surface area contributed by atoms with Crippen LogP contribution in [0.4, 0.5) is 5.82 Å². The zero-order chi connectivity index (χ0) is 23.3. The Labute approximate surface area is 187 Å². The molecular formula is C25H30N4O3. The predicted octanol–water partition coefficient (Wildman–Crippen LogP) is 4.93. The minimum Gasteiger partial charge on any atom is -0.478 e. The number of allylic oxidation sites excluding steroid dienone is 2. The minimum absolute atomic E-state index is 0.0736. The van der Waals surface area contributed by atoms with Gasteiger partial charge in [-0.25, -0.2) is 14.8 Å². The number of benzene rings is 1. The summed E-state index contributed by atoms with van der Waals surface area (Å²) in [7, 11) is 1.77. The van der Waals surface area contributed by atoms with E-state index in [4.69, 9.17) is 4.98 Å². The summed E-state index contributed by atoms with van der Waals surface area (Å²) < 4.78 is 1.64. The Hall–Kier alpha value is -3.48. The molecule has 168 valence electrons. The zero-order valence-corrected chi connectivity index (χ0v) is 19.1. The van der Waals surface area contributed by atoms with Crippen LogP contribution in [-0.2, 0) is 13.6 Å². The van der Waals surface area contributed by atoms with Crippen molar-refractivity contribution in [2.45, 2.75) is 53.0 Å². The van der Waals surface area contributed by atoms with E-state index in [-0.39, 0.29) is 11.1 Å². The van der Waals surface area contributed by atoms with Gasteiger partial charge in [0.25, 0.3) is 5.56 Å². The van der Waals surface area contributed by atoms with E-state index in [1.807, 2.05) is 32.9 Å². The lowest BCUT2D eigenvalue weighted by Gasteiger charge is -2.17. The second-order valence-electron chi connectivity index (χ2n) is 7.65. The van der Waals surface area contributed by atoms with Crippen molar-refractivity contribution in [2.75, 3.05) is 5.32 Å². The Morgan fingerprint density at radius 2 is 2.03 bits per heavy atom. The maximum absolute atomic E-state index is 13.1. The Balaban J connectivity index is 0.00000141. The van der Waals surface area contributed by atoms with Crippen LogP contribution >= 0.6 is 0 Å². The quantitative estimate of drug-likeness (QED) is 0.591. The number of anilines is 1. The molecule has 0 amide bonds. The monoisotopic (exact) mass is 434 g/mol. The van der Waals surface area contributed by atoms with E-state index in [9.17, 15) is 14.7 Å². The first-order chi connectivity index (χ1) is 15.5. The van der Waals surface area contributed by atoms with Crippen LogP contribution in [0.2, 0.25) is 0 Å². The Morgan fingerprint density at radius 3 is 2.72 bits per heavy atom. The summed E-state index contributed by atoms with van der Waals surface area (Å²) in [5, 5.41) is 13.1. The van der Waals surface area contributed by atoms with Gasteiger partial charge in [0, 0.05) is 19.8 Å². The molecule has 0 fully saturated rings. The summed E-state index contributed by atoms with van der Waals surface area (Å²) in [5.74, 6) is -0.0433. The van der Waals surface area contributed by atoms with Crippen molar-refractivity contribution in [1.29, 1.82) is 0 Å². The third-order valence-electron chi connectivity index (χ3n) is 5.47. The molecule has 2 N–H and O–H groups in total. The van der Waals surface area contributed by atoms with Crippen molar-refractivity contribution in [3.63, 3.8) is 0 Å². The molecule has 2 heterocycles. The van der Waals surface area contributed by atoms with Crippen LogP contribution in [0.25, 0.3) is 16.5 Å². The van der Waals surface area contributed by atoms with Crippen LogP contribution < -0.4 is 10.9 Å². The highest BCUT2D eigenvalue weighted by atomic mass is 16.4. The lowest BCUT2D eigenvalue weighted by molar-refractivity contribution is 0.0697. The number of carboxylic acids is 1. The lowest BCUT2D eigenvalue weighted by Crippen LogP contribution is -2.23. The van der Waals surface area contributed by atoms with Crippen LogP contribution in [0, 0.1) is 6.92 Å². The van der Waals surface area contributed by atoms with Crippen LogP contribution in [0.3, 0.4) is 0 Å². The summed E-state index contributed by atoms with van der Waals surface area (Å²) in [5.41, 5.74) is 3.57. The molecule has 0 saturated heterocycles. The average molecular weight is 435 g/mol. The van der Waals surface area contributed by atoms with Gasteiger partial charge in [0.2, 0.25) is 0 Å². The van der Waals surface area contributed by atoms with Crippen molar-refractivity contribution in [2.24, 2.45) is 7.05 Å². The average Bonchev–Trinajstić information content (AvgIpc) is 2.82. The second kappa shape index (κ2) is 10.2. The fourth-order valence-corrected chi connectivity index (χ4v) is 3.97. The smallest absolute Gasteiger partial charge is 0.339 e. The Bertz CT molecular complexity index is 1230. The molecule has 0 bridgehead atoms. The van der Waals surface area contributed by atoms with Gasteiger partial charge in [-0.2, -0.15) is 0 Å². The molecule has 0 atom stereocenters. The van der Waals surface area contributed by atoms with Gasteiger partial charge in [-0.1, -0.05) is 26.0 Å². The fraction of sp³-hybridized carbons (Fsp3) is 0.360. The molecule has 4 rings (SSSR count). The third-order valence-corrected chi connectivity index (χ3v) is 5.47. The topological polar surface area (TPSA) is 97.1 Å². The van der Waals surface area contributed by atoms with E-state index in [0.29, 0.717) is 29.1 Å². The first kappa shape index (κ1) is 23.2. The number of carbonyl (C=O) groups is 1. The SMILES string of the molecule is CC.Cc1cc(CNc2ncccc2C(=O)O)c2nc(C3=CCCCC3)n(C)c(=O)c2c1. The van der Waals surface area contributed by atoms with Gasteiger partial charge in [0.15, 0.2) is 0 Å². The number of hydrogen-bond acceptors (Lipinski definition) is 5. The number of aromatic carboxylic acids is 1. The van der Waals surface area contributed by atoms with Gasteiger partial charge in [-0.3, -0.25) is 9.36 Å². The standard InChI is InChI=1S/C23H24N4O3.C2H6/c1-14-11-16(13-25-20-17(23(29)30)9-6-10-24-20)19-18(12-14)22(28)27(2)21(26-19)15-7-4-3-5-8-15;1-2/h6-7,9-12H,3-5,8,13H2,1-2H3,(H,24,25)(H,29,30);1-2H3. The molecule has 1 aromatic carbocycles. The van der Waals surface area contributed by atoms with Gasteiger partial charge < -0.3 is 10.4 Å². The van der Waals surface area contributed by atoms with Gasteiger partial charge in [-0.05, 0) is 67.5 Å². The molecule has 0 radical (unpaired) electrons. The van der Waals surface area contributed by atoms with E-state index >= 15 is 0 Å². The zero-order valence-electron chi connectivity index (χ0n) is 19.1. The van der Waals surface area contributed by atoms with Crippen molar-refractivity contribution < 1.29 is 9.90 Å². The second-order valence-corrected chi connectivity index (χ2v) is 7.65. The number of pyridine rings is 1. The summed E-state index contributed by atoms with van der Waals surface area (Å²) in [4.78, 5) is 33.6. The van der Waals surface area contributed by atoms with Crippen molar-refractivity contribution in [1.82, 2.24) is 14.5 Å². The van der Waals surface area contributed by atoms with E-state index in [1.165, 1.54) is 6.07 Å². The van der Waals surface area contributed by atoms with Crippen molar-refractivity contribution >= 4 is 28.3 Å². The number of hydrogen-bond donors (Lipinski definition) is 2. The number of nitrogens with zero attached hydrogens (tertiary/aromatic N) is 3. The van der Waals surface area contributed by atoms with E-state index in [2.05, 4.69) is 16.4 Å². The van der Waals surface area contributed by atoms with Gasteiger partial charge in [0.05, 0.1) is 10.9 Å². The molecule has 0 saturated carbocycles. The van der Waals surface area contributed by atoms with Gasteiger partial charge >= 0.3 is 5.97 Å². The number of aromatic nitrogens is 3. The van der Waals surface area contributed by atoms with Crippen LogP contribution in [0.15, 0.2) is 41.3 Å². The number of carboxylic acid groups (broad SMARTS) is 1. The van der Waals surface area contributed by atoms with Crippen LogP contribution in [0.5, 0.6) is 0 Å². The maximum atomic E-state index is 13.1. The molecule has 7 nitrogen and oxygen atoms in total. The molecule has 0 aliphatic heterocycles. The molecule has 3 aromatic rings. The Morgan fingerprint density at radius 1 is 1.25 bits per heavy atom. The highest BCUT2D eigenvalue weighted by molar-refractivity contribution is 5.93. The van der Waals surface area contributed by atoms with Crippen LogP contribution in [-0.4, -0.2) is 25.6 Å². The summed E-state index contributed by atoms with van der Waals surface area (Å²) in [6.45, 7) is 6.25. The molecule has 7 heteroatoms. The summed E-state index contributed by atoms with van der Waals surface area (Å²) in [6, 6.07) is 6.93.